The van der Waals surface area contributed by atoms with E-state index in [2.05, 4.69) is 0 Å². The van der Waals surface area contributed by atoms with Gasteiger partial charge in [0, 0.05) is 19.5 Å². The third-order valence-corrected chi connectivity index (χ3v) is 4.71. The summed E-state index contributed by atoms with van der Waals surface area (Å²) >= 11 is 0. The summed E-state index contributed by atoms with van der Waals surface area (Å²) in [6.07, 6.45) is 0.266. The summed E-state index contributed by atoms with van der Waals surface area (Å²) < 4.78 is 24.9. The number of carbonyl (C=O) groups is 1. The van der Waals surface area contributed by atoms with Crippen LogP contribution >= 0.6 is 0 Å². The molecule has 84 valence electrons. The van der Waals surface area contributed by atoms with Crippen molar-refractivity contribution in [1.82, 2.24) is 4.31 Å². The predicted molar refractivity (Wildman–Crippen MR) is 56.6 cm³/mol. The molecule has 5 heteroatoms. The van der Waals surface area contributed by atoms with Gasteiger partial charge in [-0.2, -0.15) is 0 Å². The monoisotopic (exact) mass is 221 g/mol. The first-order chi connectivity index (χ1) is 6.41. The van der Waals surface area contributed by atoms with Crippen molar-refractivity contribution in [1.29, 1.82) is 0 Å². The molecule has 0 fully saturated rings. The van der Waals surface area contributed by atoms with Crippen molar-refractivity contribution in [2.75, 3.05) is 13.1 Å². The van der Waals surface area contributed by atoms with Crippen LogP contribution in [0.5, 0.6) is 0 Å². The second-order valence-corrected chi connectivity index (χ2v) is 5.34. The number of nitrogens with zero attached hydrogens (tertiary/aromatic N) is 1. The van der Waals surface area contributed by atoms with E-state index >= 15 is 0 Å². The Hall–Kier alpha value is -0.420. The van der Waals surface area contributed by atoms with Gasteiger partial charge in [0.2, 0.25) is 10.0 Å². The number of rotatable bonds is 6. The molecule has 14 heavy (non-hydrogen) atoms. The van der Waals surface area contributed by atoms with Crippen LogP contribution in [0, 0.1) is 0 Å². The lowest BCUT2D eigenvalue weighted by Crippen LogP contribution is -2.40. The summed E-state index contributed by atoms with van der Waals surface area (Å²) in [5.74, 6) is -0.225. The Kier molecular flexibility index (Phi) is 5.29. The molecule has 0 heterocycles. The van der Waals surface area contributed by atoms with Crippen LogP contribution < -0.4 is 0 Å². The first-order valence-corrected chi connectivity index (χ1v) is 6.43. The molecule has 1 unspecified atom stereocenters. The van der Waals surface area contributed by atoms with E-state index < -0.39 is 15.3 Å². The SMILES string of the molecule is CCC(=O)C(C)S(=O)(=O)N(CC)CC. The van der Waals surface area contributed by atoms with Crippen LogP contribution in [-0.4, -0.2) is 36.8 Å². The molecular weight excluding hydrogens is 202 g/mol. The molecule has 0 saturated carbocycles. The molecule has 0 aromatic rings. The van der Waals surface area contributed by atoms with E-state index in [4.69, 9.17) is 0 Å². The van der Waals surface area contributed by atoms with Crippen molar-refractivity contribution < 1.29 is 13.2 Å². The summed E-state index contributed by atoms with van der Waals surface area (Å²) in [5.41, 5.74) is 0. The Morgan fingerprint density at radius 1 is 1.21 bits per heavy atom. The van der Waals surface area contributed by atoms with E-state index in [0.717, 1.165) is 0 Å². The van der Waals surface area contributed by atoms with Gasteiger partial charge in [-0.25, -0.2) is 12.7 Å². The summed E-state index contributed by atoms with van der Waals surface area (Å²) in [4.78, 5) is 11.3. The Morgan fingerprint density at radius 3 is 1.93 bits per heavy atom. The Morgan fingerprint density at radius 2 is 1.64 bits per heavy atom. The first-order valence-electron chi connectivity index (χ1n) is 4.93. The average molecular weight is 221 g/mol. The average Bonchev–Trinajstić information content (AvgIpc) is 2.16. The van der Waals surface area contributed by atoms with E-state index in [1.54, 1.807) is 20.8 Å². The normalized spacial score (nSPS) is 14.4. The van der Waals surface area contributed by atoms with Crippen LogP contribution in [0.4, 0.5) is 0 Å². The maximum atomic E-state index is 11.8. The van der Waals surface area contributed by atoms with Crippen LogP contribution in [0.2, 0.25) is 0 Å². The van der Waals surface area contributed by atoms with E-state index in [0.29, 0.717) is 13.1 Å². The van der Waals surface area contributed by atoms with Crippen molar-refractivity contribution in [2.45, 2.75) is 39.4 Å². The lowest BCUT2D eigenvalue weighted by molar-refractivity contribution is -0.118. The Bertz CT molecular complexity index is 280. The molecule has 0 aliphatic heterocycles. The quantitative estimate of drug-likeness (QED) is 0.673. The molecule has 4 nitrogen and oxygen atoms in total. The topological polar surface area (TPSA) is 54.5 Å². The number of sulfonamides is 1. The minimum Gasteiger partial charge on any atom is -0.298 e. The van der Waals surface area contributed by atoms with Gasteiger partial charge in [0.15, 0.2) is 5.78 Å². The van der Waals surface area contributed by atoms with Gasteiger partial charge in [-0.3, -0.25) is 4.79 Å². The van der Waals surface area contributed by atoms with Crippen molar-refractivity contribution in [2.24, 2.45) is 0 Å². The largest absolute Gasteiger partial charge is 0.298 e. The van der Waals surface area contributed by atoms with Gasteiger partial charge in [-0.15, -0.1) is 0 Å². The molecule has 1 atom stereocenters. The molecule has 0 saturated heterocycles. The molecule has 0 aliphatic carbocycles. The predicted octanol–water partition coefficient (Wildman–Crippen LogP) is 1.03. The maximum absolute atomic E-state index is 11.8. The summed E-state index contributed by atoms with van der Waals surface area (Å²) in [5, 5.41) is -0.910. The highest BCUT2D eigenvalue weighted by Crippen LogP contribution is 2.10. The van der Waals surface area contributed by atoms with E-state index in [1.807, 2.05) is 0 Å². The smallest absolute Gasteiger partial charge is 0.223 e. The number of ketones is 1. The minimum atomic E-state index is -3.43. The molecule has 0 bridgehead atoms. The molecule has 0 N–H and O–H groups in total. The van der Waals surface area contributed by atoms with Gasteiger partial charge < -0.3 is 0 Å². The summed E-state index contributed by atoms with van der Waals surface area (Å²) in [7, 11) is -3.43. The highest BCUT2D eigenvalue weighted by atomic mass is 32.2. The molecule has 0 spiro atoms. The van der Waals surface area contributed by atoms with Crippen molar-refractivity contribution >= 4 is 15.8 Å². The Labute approximate surface area is 86.3 Å². The number of Topliss-reactive ketones (excluding diaryl/α,β-unsaturated/α-hetero) is 1. The van der Waals surface area contributed by atoms with Crippen LogP contribution in [0.3, 0.4) is 0 Å². The summed E-state index contributed by atoms with van der Waals surface area (Å²) in [6, 6.07) is 0. The molecule has 0 aliphatic rings. The Balaban J connectivity index is 4.86. The van der Waals surface area contributed by atoms with Crippen molar-refractivity contribution in [3.63, 3.8) is 0 Å². The summed E-state index contributed by atoms with van der Waals surface area (Å²) in [6.45, 7) is 7.50. The fourth-order valence-corrected chi connectivity index (χ4v) is 2.93. The van der Waals surface area contributed by atoms with E-state index in [-0.39, 0.29) is 12.2 Å². The fourth-order valence-electron chi connectivity index (χ4n) is 1.26. The highest BCUT2D eigenvalue weighted by Gasteiger charge is 2.30. The van der Waals surface area contributed by atoms with Crippen molar-refractivity contribution in [3.05, 3.63) is 0 Å². The van der Waals surface area contributed by atoms with Crippen molar-refractivity contribution in [3.8, 4) is 0 Å². The van der Waals surface area contributed by atoms with E-state index in [9.17, 15) is 13.2 Å². The lowest BCUT2D eigenvalue weighted by Gasteiger charge is -2.22. The second-order valence-electron chi connectivity index (χ2n) is 3.09. The van der Waals surface area contributed by atoms with Crippen LogP contribution in [-0.2, 0) is 14.8 Å². The van der Waals surface area contributed by atoms with Gasteiger partial charge >= 0.3 is 0 Å². The van der Waals surface area contributed by atoms with Crippen LogP contribution in [0.1, 0.15) is 34.1 Å². The third kappa shape index (κ3) is 2.78. The molecule has 0 radical (unpaired) electrons. The molecular formula is C9H19NO3S. The zero-order chi connectivity index (χ0) is 11.4. The van der Waals surface area contributed by atoms with Gasteiger partial charge in [0.25, 0.3) is 0 Å². The molecule has 0 amide bonds. The molecule has 0 aromatic heterocycles. The van der Waals surface area contributed by atoms with Gasteiger partial charge in [0.05, 0.1) is 0 Å². The number of hydrogen-bond donors (Lipinski definition) is 0. The highest BCUT2D eigenvalue weighted by molar-refractivity contribution is 7.90. The first kappa shape index (κ1) is 13.6. The molecule has 0 rings (SSSR count). The zero-order valence-corrected chi connectivity index (χ0v) is 10.1. The minimum absolute atomic E-state index is 0.225. The fraction of sp³-hybridized carbons (Fsp3) is 0.889. The van der Waals surface area contributed by atoms with Gasteiger partial charge in [0.1, 0.15) is 5.25 Å². The van der Waals surface area contributed by atoms with Gasteiger partial charge in [-0.05, 0) is 6.92 Å². The second kappa shape index (κ2) is 5.46. The number of hydrogen-bond acceptors (Lipinski definition) is 3. The lowest BCUT2D eigenvalue weighted by atomic mass is 10.2. The maximum Gasteiger partial charge on any atom is 0.223 e. The standard InChI is InChI=1S/C9H19NO3S/c1-5-9(11)8(4)14(12,13)10(6-2)7-3/h8H,5-7H2,1-4H3. The zero-order valence-electron chi connectivity index (χ0n) is 9.28. The third-order valence-electron chi connectivity index (χ3n) is 2.31. The number of carbonyl (C=O) groups excluding carboxylic acids is 1. The van der Waals surface area contributed by atoms with Crippen LogP contribution in [0.15, 0.2) is 0 Å². The van der Waals surface area contributed by atoms with Gasteiger partial charge in [-0.1, -0.05) is 20.8 Å². The molecule has 0 aromatic carbocycles. The van der Waals surface area contributed by atoms with E-state index in [1.165, 1.54) is 11.2 Å². The van der Waals surface area contributed by atoms with Crippen LogP contribution in [0.25, 0.3) is 0 Å².